The van der Waals surface area contributed by atoms with E-state index in [9.17, 15) is 0 Å². The number of hydrogen-bond donors (Lipinski definition) is 1. The van der Waals surface area contributed by atoms with E-state index in [0.29, 0.717) is 6.42 Å². The van der Waals surface area contributed by atoms with Gasteiger partial charge in [-0.1, -0.05) is 35.0 Å². The van der Waals surface area contributed by atoms with Crippen LogP contribution < -0.4 is 0 Å². The Morgan fingerprint density at radius 3 is 3.00 bits per heavy atom. The van der Waals surface area contributed by atoms with Gasteiger partial charge in [-0.3, -0.25) is 0 Å². The zero-order chi connectivity index (χ0) is 10.7. The van der Waals surface area contributed by atoms with Crippen molar-refractivity contribution in [1.29, 1.82) is 0 Å². The average Bonchev–Trinajstić information content (AvgIpc) is 2.65. The number of aromatic nitrogens is 1. The molecule has 0 atom stereocenters. The van der Waals surface area contributed by atoms with Crippen molar-refractivity contribution >= 4 is 0 Å². The highest BCUT2D eigenvalue weighted by Gasteiger charge is 2.07. The Morgan fingerprint density at radius 1 is 1.40 bits per heavy atom. The normalized spacial score (nSPS) is 10.5. The average molecular weight is 203 g/mol. The Balaban J connectivity index is 2.22. The number of hydrogen-bond acceptors (Lipinski definition) is 3. The number of aliphatic hydroxyl groups is 1. The third-order valence-corrected chi connectivity index (χ3v) is 2.35. The van der Waals surface area contributed by atoms with Gasteiger partial charge in [0.15, 0.2) is 0 Å². The van der Waals surface area contributed by atoms with E-state index in [0.717, 1.165) is 11.3 Å². The predicted molar refractivity (Wildman–Crippen MR) is 56.4 cm³/mol. The van der Waals surface area contributed by atoms with Gasteiger partial charge in [0.1, 0.15) is 5.76 Å². The molecule has 0 aliphatic carbocycles. The fraction of sp³-hybridized carbons (Fsp3) is 0.250. The van der Waals surface area contributed by atoms with Crippen molar-refractivity contribution < 1.29 is 9.63 Å². The second kappa shape index (κ2) is 4.28. The molecule has 1 aromatic carbocycles. The Hall–Kier alpha value is -1.61. The molecule has 0 aliphatic heterocycles. The minimum absolute atomic E-state index is 0.0232. The summed E-state index contributed by atoms with van der Waals surface area (Å²) < 4.78 is 5.09. The molecule has 0 radical (unpaired) electrons. The summed E-state index contributed by atoms with van der Waals surface area (Å²) in [5.41, 5.74) is 3.15. The lowest BCUT2D eigenvalue weighted by Crippen LogP contribution is -1.91. The molecule has 3 nitrogen and oxygen atoms in total. The van der Waals surface area contributed by atoms with Gasteiger partial charge >= 0.3 is 0 Å². The van der Waals surface area contributed by atoms with Crippen molar-refractivity contribution in [2.24, 2.45) is 0 Å². The standard InChI is InChI=1S/C12H13NO2/c1-9-3-2-4-10(5-9)6-12-11(8-14)7-13-15-12/h2-5,7,14H,6,8H2,1H3. The van der Waals surface area contributed by atoms with E-state index in [2.05, 4.69) is 24.2 Å². The molecule has 0 amide bonds. The number of benzene rings is 1. The van der Waals surface area contributed by atoms with Crippen LogP contribution in [0.15, 0.2) is 35.0 Å². The van der Waals surface area contributed by atoms with Crippen LogP contribution in [-0.2, 0) is 13.0 Å². The second-order valence-electron chi connectivity index (χ2n) is 3.60. The molecule has 0 aliphatic rings. The van der Waals surface area contributed by atoms with Crippen molar-refractivity contribution in [3.63, 3.8) is 0 Å². The van der Waals surface area contributed by atoms with Gasteiger partial charge in [0.2, 0.25) is 0 Å². The Kier molecular flexibility index (Phi) is 2.83. The van der Waals surface area contributed by atoms with E-state index in [1.54, 1.807) is 6.20 Å². The lowest BCUT2D eigenvalue weighted by Gasteiger charge is -2.00. The SMILES string of the molecule is Cc1cccc(Cc2oncc2CO)c1. The molecule has 0 saturated carbocycles. The van der Waals surface area contributed by atoms with Crippen LogP contribution in [0, 0.1) is 6.92 Å². The highest BCUT2D eigenvalue weighted by atomic mass is 16.5. The summed E-state index contributed by atoms with van der Waals surface area (Å²) in [6, 6.07) is 8.21. The van der Waals surface area contributed by atoms with Gasteiger partial charge in [-0.15, -0.1) is 0 Å². The number of aliphatic hydroxyl groups excluding tert-OH is 1. The molecule has 0 spiro atoms. The van der Waals surface area contributed by atoms with Gasteiger partial charge in [-0.2, -0.15) is 0 Å². The quantitative estimate of drug-likeness (QED) is 0.830. The molecule has 1 heterocycles. The predicted octanol–water partition coefficient (Wildman–Crippen LogP) is 2.07. The Bertz CT molecular complexity index is 448. The largest absolute Gasteiger partial charge is 0.391 e. The summed E-state index contributed by atoms with van der Waals surface area (Å²) in [7, 11) is 0. The van der Waals surface area contributed by atoms with Crippen molar-refractivity contribution in [3.05, 3.63) is 52.9 Å². The van der Waals surface area contributed by atoms with Crippen LogP contribution in [0.25, 0.3) is 0 Å². The van der Waals surface area contributed by atoms with E-state index in [-0.39, 0.29) is 6.61 Å². The number of nitrogens with zero attached hydrogens (tertiary/aromatic N) is 1. The third-order valence-electron chi connectivity index (χ3n) is 2.35. The first kappa shape index (κ1) is 9.93. The van der Waals surface area contributed by atoms with Crippen LogP contribution in [0.3, 0.4) is 0 Å². The first-order chi connectivity index (χ1) is 7.29. The highest BCUT2D eigenvalue weighted by molar-refractivity contribution is 5.27. The number of rotatable bonds is 3. The van der Waals surface area contributed by atoms with Crippen LogP contribution in [0.2, 0.25) is 0 Å². The lowest BCUT2D eigenvalue weighted by atomic mass is 10.1. The first-order valence-corrected chi connectivity index (χ1v) is 4.88. The second-order valence-corrected chi connectivity index (χ2v) is 3.60. The van der Waals surface area contributed by atoms with Crippen molar-refractivity contribution in [1.82, 2.24) is 5.16 Å². The summed E-state index contributed by atoms with van der Waals surface area (Å²) in [4.78, 5) is 0. The molecule has 15 heavy (non-hydrogen) atoms. The van der Waals surface area contributed by atoms with Gasteiger partial charge < -0.3 is 9.63 Å². The Morgan fingerprint density at radius 2 is 2.27 bits per heavy atom. The Labute approximate surface area is 88.3 Å². The third kappa shape index (κ3) is 2.25. The molecule has 78 valence electrons. The minimum Gasteiger partial charge on any atom is -0.391 e. The van der Waals surface area contributed by atoms with Gasteiger partial charge in [0.05, 0.1) is 12.8 Å². The van der Waals surface area contributed by atoms with Gasteiger partial charge in [-0.25, -0.2) is 0 Å². The van der Waals surface area contributed by atoms with Crippen LogP contribution in [0.5, 0.6) is 0 Å². The maximum atomic E-state index is 9.04. The summed E-state index contributed by atoms with van der Waals surface area (Å²) in [5.74, 6) is 0.739. The van der Waals surface area contributed by atoms with Crippen molar-refractivity contribution in [3.8, 4) is 0 Å². The molecular weight excluding hydrogens is 190 g/mol. The van der Waals surface area contributed by atoms with Crippen LogP contribution in [-0.4, -0.2) is 10.3 Å². The summed E-state index contributed by atoms with van der Waals surface area (Å²) in [6.45, 7) is 2.03. The van der Waals surface area contributed by atoms with Crippen LogP contribution in [0.4, 0.5) is 0 Å². The van der Waals surface area contributed by atoms with E-state index in [4.69, 9.17) is 9.63 Å². The zero-order valence-corrected chi connectivity index (χ0v) is 8.60. The first-order valence-electron chi connectivity index (χ1n) is 4.88. The molecule has 0 unspecified atom stereocenters. The molecule has 1 N–H and O–H groups in total. The molecule has 2 rings (SSSR count). The molecule has 0 bridgehead atoms. The van der Waals surface area contributed by atoms with Gasteiger partial charge in [0.25, 0.3) is 0 Å². The van der Waals surface area contributed by atoms with Crippen molar-refractivity contribution in [2.75, 3.05) is 0 Å². The molecule has 1 aromatic heterocycles. The topological polar surface area (TPSA) is 46.3 Å². The van der Waals surface area contributed by atoms with Crippen molar-refractivity contribution in [2.45, 2.75) is 20.0 Å². The molecule has 0 saturated heterocycles. The van der Waals surface area contributed by atoms with Gasteiger partial charge in [0, 0.05) is 12.0 Å². The molecule has 0 fully saturated rings. The monoisotopic (exact) mass is 203 g/mol. The van der Waals surface area contributed by atoms with E-state index in [1.165, 1.54) is 11.1 Å². The lowest BCUT2D eigenvalue weighted by molar-refractivity contribution is 0.277. The summed E-state index contributed by atoms with van der Waals surface area (Å²) >= 11 is 0. The van der Waals surface area contributed by atoms with Crippen LogP contribution in [0.1, 0.15) is 22.5 Å². The molecule has 2 aromatic rings. The summed E-state index contributed by atoms with van der Waals surface area (Å²) in [6.07, 6.45) is 2.24. The van der Waals surface area contributed by atoms with E-state index < -0.39 is 0 Å². The fourth-order valence-corrected chi connectivity index (χ4v) is 1.57. The highest BCUT2D eigenvalue weighted by Crippen LogP contribution is 2.14. The number of aryl methyl sites for hydroxylation is 1. The maximum absolute atomic E-state index is 9.04. The fourth-order valence-electron chi connectivity index (χ4n) is 1.57. The molecular formula is C12H13NO2. The van der Waals surface area contributed by atoms with E-state index in [1.807, 2.05) is 12.1 Å². The van der Waals surface area contributed by atoms with Gasteiger partial charge in [-0.05, 0) is 12.5 Å². The maximum Gasteiger partial charge on any atom is 0.146 e. The summed E-state index contributed by atoms with van der Waals surface area (Å²) in [5, 5.41) is 12.7. The smallest absolute Gasteiger partial charge is 0.146 e. The van der Waals surface area contributed by atoms with Crippen LogP contribution >= 0.6 is 0 Å². The zero-order valence-electron chi connectivity index (χ0n) is 8.60. The minimum atomic E-state index is -0.0232. The van der Waals surface area contributed by atoms with E-state index >= 15 is 0 Å². The molecule has 3 heteroatoms.